The first-order valence-electron chi connectivity index (χ1n) is 5.02. The van der Waals surface area contributed by atoms with Gasteiger partial charge in [-0.05, 0) is 41.5 Å². The Hall–Kier alpha value is -0.510. The molecule has 1 fully saturated rings. The van der Waals surface area contributed by atoms with Crippen molar-refractivity contribution in [2.45, 2.75) is 18.8 Å². The van der Waals surface area contributed by atoms with Crippen molar-refractivity contribution in [1.29, 1.82) is 0 Å². The van der Waals surface area contributed by atoms with Crippen LogP contribution in [0, 0.1) is 3.57 Å². The molecule has 0 aliphatic heterocycles. The van der Waals surface area contributed by atoms with Crippen molar-refractivity contribution in [2.24, 2.45) is 7.05 Å². The summed E-state index contributed by atoms with van der Waals surface area (Å²) in [7, 11) is 2.19. The fraction of sp³-hybridized carbons (Fsp3) is 0.333. The van der Waals surface area contributed by atoms with E-state index in [1.165, 1.54) is 27.3 Å². The maximum absolute atomic E-state index is 2.49. The van der Waals surface area contributed by atoms with E-state index in [0.29, 0.717) is 0 Å². The molecule has 0 N–H and O–H groups in total. The molecule has 0 unspecified atom stereocenters. The topological polar surface area (TPSA) is 4.93 Å². The van der Waals surface area contributed by atoms with Crippen LogP contribution < -0.4 is 0 Å². The van der Waals surface area contributed by atoms with Gasteiger partial charge in [-0.25, -0.2) is 0 Å². The Balaban J connectivity index is 2.38. The number of hydrogen-bond donors (Lipinski definition) is 0. The van der Waals surface area contributed by atoms with Crippen LogP contribution in [0.5, 0.6) is 0 Å². The molecular formula is C12H12IN. The molecule has 1 heterocycles. The van der Waals surface area contributed by atoms with E-state index >= 15 is 0 Å². The first-order chi connectivity index (χ1) is 6.79. The number of hydrogen-bond acceptors (Lipinski definition) is 0. The van der Waals surface area contributed by atoms with Crippen LogP contribution in [0.1, 0.15) is 24.5 Å². The van der Waals surface area contributed by atoms with Crippen LogP contribution in [-0.4, -0.2) is 4.57 Å². The number of rotatable bonds is 1. The lowest BCUT2D eigenvalue weighted by atomic mass is 10.2. The fourth-order valence-electron chi connectivity index (χ4n) is 2.18. The number of nitrogens with zero attached hydrogens (tertiary/aromatic N) is 1. The first kappa shape index (κ1) is 8.77. The highest BCUT2D eigenvalue weighted by atomic mass is 127. The first-order valence-corrected chi connectivity index (χ1v) is 6.09. The van der Waals surface area contributed by atoms with E-state index in [-0.39, 0.29) is 0 Å². The molecule has 0 amide bonds. The van der Waals surface area contributed by atoms with Crippen LogP contribution in [0.15, 0.2) is 24.3 Å². The normalized spacial score (nSPS) is 16.4. The molecule has 0 bridgehead atoms. The van der Waals surface area contributed by atoms with Gasteiger partial charge in [0.25, 0.3) is 0 Å². The second-order valence-corrected chi connectivity index (χ2v) is 5.13. The Morgan fingerprint density at radius 1 is 1.29 bits per heavy atom. The van der Waals surface area contributed by atoms with E-state index in [1.54, 1.807) is 5.69 Å². The monoisotopic (exact) mass is 297 g/mol. The molecule has 3 rings (SSSR count). The Kier molecular flexibility index (Phi) is 1.87. The zero-order valence-electron chi connectivity index (χ0n) is 8.13. The molecule has 1 saturated carbocycles. The van der Waals surface area contributed by atoms with E-state index in [9.17, 15) is 0 Å². The Bertz CT molecular complexity index is 455. The van der Waals surface area contributed by atoms with Crippen LogP contribution in [0.3, 0.4) is 0 Å². The number of para-hydroxylation sites is 1. The standard InChI is InChI=1S/C12H12IN/c1-14-10-5-3-2-4-9(10)11(13)12(14)8-6-7-8/h2-5,8H,6-7H2,1H3. The van der Waals surface area contributed by atoms with Crippen LogP contribution in [0.2, 0.25) is 0 Å². The molecule has 2 aromatic rings. The van der Waals surface area contributed by atoms with Crippen LogP contribution in [0.4, 0.5) is 0 Å². The molecule has 1 aromatic carbocycles. The minimum Gasteiger partial charge on any atom is -0.346 e. The molecule has 1 aliphatic rings. The van der Waals surface area contributed by atoms with Crippen molar-refractivity contribution in [3.63, 3.8) is 0 Å². The van der Waals surface area contributed by atoms with Crippen LogP contribution in [0.25, 0.3) is 10.9 Å². The third-order valence-electron chi connectivity index (χ3n) is 3.05. The summed E-state index contributed by atoms with van der Waals surface area (Å²) in [4.78, 5) is 0. The highest BCUT2D eigenvalue weighted by molar-refractivity contribution is 14.1. The van der Waals surface area contributed by atoms with E-state index in [2.05, 4.69) is 58.5 Å². The quantitative estimate of drug-likeness (QED) is 0.708. The molecule has 0 spiro atoms. The second-order valence-electron chi connectivity index (χ2n) is 4.05. The van der Waals surface area contributed by atoms with Crippen molar-refractivity contribution >= 4 is 33.5 Å². The van der Waals surface area contributed by atoms with Gasteiger partial charge in [0.05, 0.1) is 0 Å². The van der Waals surface area contributed by atoms with Crippen molar-refractivity contribution in [2.75, 3.05) is 0 Å². The van der Waals surface area contributed by atoms with Gasteiger partial charge in [0.2, 0.25) is 0 Å². The second kappa shape index (κ2) is 2.99. The van der Waals surface area contributed by atoms with Crippen molar-refractivity contribution in [3.8, 4) is 0 Å². The van der Waals surface area contributed by atoms with Gasteiger partial charge in [-0.1, -0.05) is 18.2 Å². The van der Waals surface area contributed by atoms with E-state index in [4.69, 9.17) is 0 Å². The number of aryl methyl sites for hydroxylation is 1. The summed E-state index contributed by atoms with van der Waals surface area (Å²) < 4.78 is 3.83. The van der Waals surface area contributed by atoms with Gasteiger partial charge < -0.3 is 4.57 Å². The SMILES string of the molecule is Cn1c(C2CC2)c(I)c2ccccc21. The molecule has 1 aliphatic carbocycles. The number of aromatic nitrogens is 1. The Morgan fingerprint density at radius 3 is 2.64 bits per heavy atom. The van der Waals surface area contributed by atoms with Gasteiger partial charge in [0.15, 0.2) is 0 Å². The van der Waals surface area contributed by atoms with Crippen LogP contribution >= 0.6 is 22.6 Å². The van der Waals surface area contributed by atoms with Gasteiger partial charge in [0, 0.05) is 33.1 Å². The average Bonchev–Trinajstić information content (AvgIpc) is 2.99. The van der Waals surface area contributed by atoms with E-state index in [0.717, 1.165) is 5.92 Å². The average molecular weight is 297 g/mol. The molecule has 0 saturated heterocycles. The van der Waals surface area contributed by atoms with Gasteiger partial charge >= 0.3 is 0 Å². The molecule has 1 nitrogen and oxygen atoms in total. The van der Waals surface area contributed by atoms with Gasteiger partial charge in [-0.2, -0.15) is 0 Å². The smallest absolute Gasteiger partial charge is 0.0491 e. The predicted molar refractivity (Wildman–Crippen MR) is 67.6 cm³/mol. The molecule has 0 radical (unpaired) electrons. The van der Waals surface area contributed by atoms with Crippen molar-refractivity contribution < 1.29 is 0 Å². The number of halogens is 1. The highest BCUT2D eigenvalue weighted by Crippen LogP contribution is 2.44. The van der Waals surface area contributed by atoms with Gasteiger partial charge in [0.1, 0.15) is 0 Å². The molecule has 2 heteroatoms. The maximum Gasteiger partial charge on any atom is 0.0491 e. The number of fused-ring (bicyclic) bond motifs is 1. The lowest BCUT2D eigenvalue weighted by molar-refractivity contribution is 0.852. The summed E-state index contributed by atoms with van der Waals surface area (Å²) >= 11 is 2.49. The lowest BCUT2D eigenvalue weighted by Crippen LogP contribution is -1.94. The van der Waals surface area contributed by atoms with Gasteiger partial charge in [-0.15, -0.1) is 0 Å². The Morgan fingerprint density at radius 2 is 2.00 bits per heavy atom. The summed E-state index contributed by atoms with van der Waals surface area (Å²) in [6.07, 6.45) is 2.75. The van der Waals surface area contributed by atoms with E-state index in [1.807, 2.05) is 0 Å². The zero-order chi connectivity index (χ0) is 9.71. The summed E-state index contributed by atoms with van der Waals surface area (Å²) in [6.45, 7) is 0. The Labute approximate surface area is 97.2 Å². The minimum absolute atomic E-state index is 0.833. The summed E-state index contributed by atoms with van der Waals surface area (Å²) in [5, 5.41) is 1.41. The molecular weight excluding hydrogens is 285 g/mol. The van der Waals surface area contributed by atoms with Gasteiger partial charge in [-0.3, -0.25) is 0 Å². The summed E-state index contributed by atoms with van der Waals surface area (Å²) in [5.74, 6) is 0.833. The molecule has 1 aromatic heterocycles. The van der Waals surface area contributed by atoms with Crippen molar-refractivity contribution in [1.82, 2.24) is 4.57 Å². The predicted octanol–water partition coefficient (Wildman–Crippen LogP) is 3.66. The van der Waals surface area contributed by atoms with Crippen molar-refractivity contribution in [3.05, 3.63) is 33.5 Å². The maximum atomic E-state index is 2.49. The largest absolute Gasteiger partial charge is 0.346 e. The number of benzene rings is 1. The highest BCUT2D eigenvalue weighted by Gasteiger charge is 2.29. The zero-order valence-corrected chi connectivity index (χ0v) is 10.3. The summed E-state index contributed by atoms with van der Waals surface area (Å²) in [5.41, 5.74) is 2.92. The van der Waals surface area contributed by atoms with E-state index < -0.39 is 0 Å². The molecule has 0 atom stereocenters. The molecule has 72 valence electrons. The van der Waals surface area contributed by atoms with Crippen LogP contribution in [-0.2, 0) is 7.05 Å². The molecule has 14 heavy (non-hydrogen) atoms. The third-order valence-corrected chi connectivity index (χ3v) is 4.19. The third kappa shape index (κ3) is 1.13. The summed E-state index contributed by atoms with van der Waals surface area (Å²) in [6, 6.07) is 8.68. The fourth-order valence-corrected chi connectivity index (χ4v) is 3.43. The lowest BCUT2D eigenvalue weighted by Gasteiger charge is -2.01. The minimum atomic E-state index is 0.833.